The molecule has 1 fully saturated rings. The molecule has 0 bridgehead atoms. The van der Waals surface area contributed by atoms with Crippen molar-refractivity contribution in [1.29, 1.82) is 0 Å². The Hall–Kier alpha value is -2.63. The third kappa shape index (κ3) is 3.90. The number of hydrogen-bond donors (Lipinski definition) is 0. The van der Waals surface area contributed by atoms with Crippen LogP contribution in [0.5, 0.6) is 5.75 Å². The highest BCUT2D eigenvalue weighted by atomic mass is 16.5. The number of ether oxygens (including phenoxy) is 1. The fourth-order valence-electron chi connectivity index (χ4n) is 2.93. The van der Waals surface area contributed by atoms with Gasteiger partial charge in [-0.1, -0.05) is 12.1 Å². The number of aryl methyl sites for hydroxylation is 1. The summed E-state index contributed by atoms with van der Waals surface area (Å²) in [5.74, 6) is 1.18. The zero-order chi connectivity index (χ0) is 18.0. The number of carbonyl (C=O) groups excluding carboxylic acids is 1. The first-order valence-electron chi connectivity index (χ1n) is 8.48. The van der Waals surface area contributed by atoms with Crippen LogP contribution in [0.4, 0.5) is 0 Å². The number of rotatable bonds is 6. The Morgan fingerprint density at radius 2 is 1.96 bits per heavy atom. The fourth-order valence-corrected chi connectivity index (χ4v) is 2.93. The molecule has 6 nitrogen and oxygen atoms in total. The zero-order valence-corrected chi connectivity index (χ0v) is 14.8. The molecule has 1 aromatic carbocycles. The Bertz CT molecular complexity index is 809. The standard InChI is InChI=1S/C19H23N3O3/c1-13(15-6-7-15)22(12-14-4-8-16(25-3)9-5-14)19(24)17-10-11-18(23)21(2)20-17/h4-5,8-11,13,15H,6-7,12H2,1-3H3. The molecule has 1 unspecified atom stereocenters. The summed E-state index contributed by atoms with van der Waals surface area (Å²) in [4.78, 5) is 26.4. The van der Waals surface area contributed by atoms with Crippen molar-refractivity contribution in [2.24, 2.45) is 13.0 Å². The van der Waals surface area contributed by atoms with E-state index in [1.807, 2.05) is 29.2 Å². The van der Waals surface area contributed by atoms with Gasteiger partial charge >= 0.3 is 0 Å². The molecule has 2 aromatic rings. The van der Waals surface area contributed by atoms with Crippen molar-refractivity contribution < 1.29 is 9.53 Å². The van der Waals surface area contributed by atoms with Gasteiger partial charge in [0, 0.05) is 25.7 Å². The average molecular weight is 341 g/mol. The van der Waals surface area contributed by atoms with Gasteiger partial charge in [-0.25, -0.2) is 4.68 Å². The van der Waals surface area contributed by atoms with E-state index in [4.69, 9.17) is 4.74 Å². The third-order valence-corrected chi connectivity index (χ3v) is 4.75. The summed E-state index contributed by atoms with van der Waals surface area (Å²) >= 11 is 0. The predicted molar refractivity (Wildman–Crippen MR) is 94.5 cm³/mol. The van der Waals surface area contributed by atoms with E-state index in [2.05, 4.69) is 12.0 Å². The van der Waals surface area contributed by atoms with Crippen LogP contribution >= 0.6 is 0 Å². The molecule has 132 valence electrons. The summed E-state index contributed by atoms with van der Waals surface area (Å²) < 4.78 is 6.38. The van der Waals surface area contributed by atoms with Crippen LogP contribution in [-0.4, -0.2) is 33.7 Å². The lowest BCUT2D eigenvalue weighted by atomic mass is 10.1. The van der Waals surface area contributed by atoms with E-state index in [0.717, 1.165) is 24.2 Å². The highest BCUT2D eigenvalue weighted by molar-refractivity contribution is 5.92. The maximum absolute atomic E-state index is 13.0. The van der Waals surface area contributed by atoms with Crippen LogP contribution in [-0.2, 0) is 13.6 Å². The first-order valence-corrected chi connectivity index (χ1v) is 8.48. The van der Waals surface area contributed by atoms with Crippen LogP contribution in [0.25, 0.3) is 0 Å². The van der Waals surface area contributed by atoms with E-state index in [0.29, 0.717) is 18.2 Å². The lowest BCUT2D eigenvalue weighted by molar-refractivity contribution is 0.0645. The van der Waals surface area contributed by atoms with Gasteiger partial charge in [0.15, 0.2) is 0 Å². The summed E-state index contributed by atoms with van der Waals surface area (Å²) in [5, 5.41) is 4.12. The molecule has 1 heterocycles. The minimum Gasteiger partial charge on any atom is -0.497 e. The van der Waals surface area contributed by atoms with Crippen molar-refractivity contribution in [1.82, 2.24) is 14.7 Å². The van der Waals surface area contributed by atoms with E-state index in [1.54, 1.807) is 14.2 Å². The van der Waals surface area contributed by atoms with Crippen molar-refractivity contribution >= 4 is 5.91 Å². The van der Waals surface area contributed by atoms with Gasteiger partial charge in [0.1, 0.15) is 11.4 Å². The Kier molecular flexibility index (Phi) is 4.88. The molecule has 1 aliphatic rings. The number of carbonyl (C=O) groups is 1. The monoisotopic (exact) mass is 341 g/mol. The van der Waals surface area contributed by atoms with Gasteiger partial charge < -0.3 is 9.64 Å². The number of nitrogens with zero attached hydrogens (tertiary/aromatic N) is 3. The number of benzene rings is 1. The SMILES string of the molecule is COc1ccc(CN(C(=O)c2ccc(=O)n(C)n2)C(C)C2CC2)cc1. The number of aromatic nitrogens is 2. The maximum atomic E-state index is 13.0. The second-order valence-corrected chi connectivity index (χ2v) is 6.54. The minimum absolute atomic E-state index is 0.133. The average Bonchev–Trinajstić information content (AvgIpc) is 3.46. The lowest BCUT2D eigenvalue weighted by Gasteiger charge is -2.29. The zero-order valence-electron chi connectivity index (χ0n) is 14.8. The van der Waals surface area contributed by atoms with Crippen LogP contribution in [0.15, 0.2) is 41.2 Å². The summed E-state index contributed by atoms with van der Waals surface area (Å²) in [5.41, 5.74) is 1.10. The molecule has 0 spiro atoms. The van der Waals surface area contributed by atoms with E-state index < -0.39 is 0 Å². The number of hydrogen-bond acceptors (Lipinski definition) is 4. The first-order chi connectivity index (χ1) is 12.0. The smallest absolute Gasteiger partial charge is 0.274 e. The predicted octanol–water partition coefficient (Wildman–Crippen LogP) is 2.23. The molecular formula is C19H23N3O3. The normalized spacial score (nSPS) is 14.8. The van der Waals surface area contributed by atoms with Crippen LogP contribution in [0, 0.1) is 5.92 Å². The van der Waals surface area contributed by atoms with Crippen LogP contribution in [0.1, 0.15) is 35.8 Å². The summed E-state index contributed by atoms with van der Waals surface area (Å²) in [6.07, 6.45) is 2.29. The number of amides is 1. The summed E-state index contributed by atoms with van der Waals surface area (Å²) in [7, 11) is 3.18. The van der Waals surface area contributed by atoms with Crippen molar-refractivity contribution in [3.8, 4) is 5.75 Å². The summed E-state index contributed by atoms with van der Waals surface area (Å²) in [6, 6.07) is 10.7. The van der Waals surface area contributed by atoms with Gasteiger partial charge in [0.25, 0.3) is 11.5 Å². The maximum Gasteiger partial charge on any atom is 0.274 e. The van der Waals surface area contributed by atoms with Crippen molar-refractivity contribution in [3.63, 3.8) is 0 Å². The van der Waals surface area contributed by atoms with E-state index in [-0.39, 0.29) is 17.5 Å². The molecular weight excluding hydrogens is 318 g/mol. The van der Waals surface area contributed by atoms with E-state index >= 15 is 0 Å². The van der Waals surface area contributed by atoms with Gasteiger partial charge in [-0.2, -0.15) is 5.10 Å². The molecule has 1 aromatic heterocycles. The van der Waals surface area contributed by atoms with Crippen molar-refractivity contribution in [2.75, 3.05) is 7.11 Å². The molecule has 0 aliphatic heterocycles. The second kappa shape index (κ2) is 7.09. The Balaban J connectivity index is 1.86. The molecule has 3 rings (SSSR count). The molecule has 0 N–H and O–H groups in total. The van der Waals surface area contributed by atoms with Gasteiger partial charge in [-0.05, 0) is 49.4 Å². The van der Waals surface area contributed by atoms with E-state index in [9.17, 15) is 9.59 Å². The van der Waals surface area contributed by atoms with Crippen LogP contribution in [0.2, 0.25) is 0 Å². The highest BCUT2D eigenvalue weighted by Crippen LogP contribution is 2.36. The Labute approximate surface area is 147 Å². The van der Waals surface area contributed by atoms with Crippen molar-refractivity contribution in [3.05, 3.63) is 58.0 Å². The largest absolute Gasteiger partial charge is 0.497 e. The molecule has 0 radical (unpaired) electrons. The fraction of sp³-hybridized carbons (Fsp3) is 0.421. The number of methoxy groups -OCH3 is 1. The Morgan fingerprint density at radius 1 is 1.28 bits per heavy atom. The van der Waals surface area contributed by atoms with Crippen LogP contribution < -0.4 is 10.3 Å². The molecule has 1 aliphatic carbocycles. The molecule has 1 atom stereocenters. The van der Waals surface area contributed by atoms with E-state index in [1.165, 1.54) is 16.8 Å². The minimum atomic E-state index is -0.228. The summed E-state index contributed by atoms with van der Waals surface area (Å²) in [6.45, 7) is 2.59. The van der Waals surface area contributed by atoms with Crippen LogP contribution in [0.3, 0.4) is 0 Å². The first kappa shape index (κ1) is 17.2. The molecule has 1 saturated carbocycles. The molecule has 0 saturated heterocycles. The molecule has 1 amide bonds. The quantitative estimate of drug-likeness (QED) is 0.808. The molecule has 25 heavy (non-hydrogen) atoms. The topological polar surface area (TPSA) is 64.4 Å². The van der Waals surface area contributed by atoms with Crippen molar-refractivity contribution in [2.45, 2.75) is 32.4 Å². The van der Waals surface area contributed by atoms with Gasteiger partial charge in [0.05, 0.1) is 7.11 Å². The highest BCUT2D eigenvalue weighted by Gasteiger charge is 2.35. The molecule has 6 heteroatoms. The Morgan fingerprint density at radius 3 is 2.52 bits per heavy atom. The second-order valence-electron chi connectivity index (χ2n) is 6.54. The third-order valence-electron chi connectivity index (χ3n) is 4.75. The lowest BCUT2D eigenvalue weighted by Crippen LogP contribution is -2.40. The van der Waals surface area contributed by atoms with Gasteiger partial charge in [-0.15, -0.1) is 0 Å². The van der Waals surface area contributed by atoms with Gasteiger partial charge in [0.2, 0.25) is 0 Å². The van der Waals surface area contributed by atoms with Gasteiger partial charge in [-0.3, -0.25) is 9.59 Å².